The van der Waals surface area contributed by atoms with Crippen LogP contribution in [0.1, 0.15) is 24.1 Å². The molecule has 2 rings (SSSR count). The van der Waals surface area contributed by atoms with E-state index in [4.69, 9.17) is 9.47 Å². The van der Waals surface area contributed by atoms with Crippen molar-refractivity contribution in [3.63, 3.8) is 0 Å². The van der Waals surface area contributed by atoms with E-state index in [1.54, 1.807) is 7.11 Å². The minimum Gasteiger partial charge on any atom is -0.481 e. The van der Waals surface area contributed by atoms with E-state index in [2.05, 4.69) is 15.6 Å². The summed E-state index contributed by atoms with van der Waals surface area (Å²) in [6, 6.07) is 3.59. The van der Waals surface area contributed by atoms with E-state index >= 15 is 0 Å². The maximum absolute atomic E-state index is 11.7. The number of nitrogens with one attached hydrogen (secondary N) is 2. The molecule has 0 unspecified atom stereocenters. The summed E-state index contributed by atoms with van der Waals surface area (Å²) in [6.07, 6.45) is 2.23. The zero-order chi connectivity index (χ0) is 14.4. The molecule has 1 aromatic rings. The highest BCUT2D eigenvalue weighted by molar-refractivity contribution is 5.73. The number of nitrogens with zero attached hydrogens (tertiary/aromatic N) is 1. The van der Waals surface area contributed by atoms with Crippen molar-refractivity contribution in [3.8, 4) is 5.88 Å². The molecule has 1 atom stereocenters. The molecule has 0 saturated carbocycles. The van der Waals surface area contributed by atoms with Crippen LogP contribution in [0.4, 0.5) is 4.79 Å². The Morgan fingerprint density at radius 3 is 3.05 bits per heavy atom. The summed E-state index contributed by atoms with van der Waals surface area (Å²) in [6.45, 7) is 3.62. The quantitative estimate of drug-likeness (QED) is 0.854. The van der Waals surface area contributed by atoms with E-state index in [1.165, 1.54) is 0 Å². The van der Waals surface area contributed by atoms with E-state index in [1.807, 2.05) is 19.1 Å². The van der Waals surface area contributed by atoms with E-state index in [-0.39, 0.29) is 12.1 Å². The number of carbonyl (C=O) groups is 1. The molecule has 1 saturated heterocycles. The SMILES string of the molecule is COc1nc(C)ccc1CNC(=O)NC[C@@H]1CCCO1. The molecule has 1 aliphatic heterocycles. The summed E-state index contributed by atoms with van der Waals surface area (Å²) in [7, 11) is 1.57. The Bertz CT molecular complexity index is 459. The highest BCUT2D eigenvalue weighted by atomic mass is 16.5. The maximum atomic E-state index is 11.7. The number of hydrogen-bond donors (Lipinski definition) is 2. The van der Waals surface area contributed by atoms with Gasteiger partial charge in [0.2, 0.25) is 5.88 Å². The third kappa shape index (κ3) is 4.09. The van der Waals surface area contributed by atoms with Gasteiger partial charge in [0.25, 0.3) is 0 Å². The van der Waals surface area contributed by atoms with Gasteiger partial charge >= 0.3 is 6.03 Å². The summed E-state index contributed by atoms with van der Waals surface area (Å²) in [5.74, 6) is 0.546. The lowest BCUT2D eigenvalue weighted by molar-refractivity contribution is 0.111. The molecular formula is C14H21N3O3. The number of aromatic nitrogens is 1. The van der Waals surface area contributed by atoms with E-state index in [9.17, 15) is 4.79 Å². The van der Waals surface area contributed by atoms with Crippen LogP contribution in [-0.2, 0) is 11.3 Å². The number of hydrogen-bond acceptors (Lipinski definition) is 4. The van der Waals surface area contributed by atoms with Gasteiger partial charge in [-0.2, -0.15) is 0 Å². The first-order valence-electron chi connectivity index (χ1n) is 6.83. The summed E-state index contributed by atoms with van der Waals surface area (Å²) in [4.78, 5) is 16.0. The van der Waals surface area contributed by atoms with Crippen molar-refractivity contribution in [1.82, 2.24) is 15.6 Å². The van der Waals surface area contributed by atoms with Crippen molar-refractivity contribution in [2.45, 2.75) is 32.4 Å². The monoisotopic (exact) mass is 279 g/mol. The third-order valence-corrected chi connectivity index (χ3v) is 3.23. The van der Waals surface area contributed by atoms with Crippen LogP contribution in [-0.4, -0.2) is 37.4 Å². The van der Waals surface area contributed by atoms with Gasteiger partial charge in [-0.15, -0.1) is 0 Å². The van der Waals surface area contributed by atoms with Crippen molar-refractivity contribution in [2.24, 2.45) is 0 Å². The number of amides is 2. The smallest absolute Gasteiger partial charge is 0.315 e. The minimum absolute atomic E-state index is 0.149. The lowest BCUT2D eigenvalue weighted by atomic mass is 10.2. The van der Waals surface area contributed by atoms with Gasteiger partial charge in [0.1, 0.15) is 0 Å². The molecule has 6 heteroatoms. The van der Waals surface area contributed by atoms with Crippen molar-refractivity contribution in [3.05, 3.63) is 23.4 Å². The van der Waals surface area contributed by atoms with Gasteiger partial charge < -0.3 is 20.1 Å². The largest absolute Gasteiger partial charge is 0.481 e. The second kappa shape index (κ2) is 7.09. The third-order valence-electron chi connectivity index (χ3n) is 3.23. The molecule has 110 valence electrons. The molecule has 0 bridgehead atoms. The number of aryl methyl sites for hydroxylation is 1. The molecule has 6 nitrogen and oxygen atoms in total. The normalized spacial score (nSPS) is 17.8. The Morgan fingerprint density at radius 1 is 1.50 bits per heavy atom. The fourth-order valence-electron chi connectivity index (χ4n) is 2.12. The average Bonchev–Trinajstić information content (AvgIpc) is 2.97. The first kappa shape index (κ1) is 14.6. The minimum atomic E-state index is -0.205. The molecule has 0 aromatic carbocycles. The molecular weight excluding hydrogens is 258 g/mol. The fourth-order valence-corrected chi connectivity index (χ4v) is 2.12. The van der Waals surface area contributed by atoms with Crippen LogP contribution < -0.4 is 15.4 Å². The highest BCUT2D eigenvalue weighted by Crippen LogP contribution is 2.15. The van der Waals surface area contributed by atoms with E-state index in [0.717, 1.165) is 30.7 Å². The van der Waals surface area contributed by atoms with Crippen LogP contribution in [0.15, 0.2) is 12.1 Å². The lowest BCUT2D eigenvalue weighted by Crippen LogP contribution is -2.39. The summed E-state index contributed by atoms with van der Waals surface area (Å²) < 4.78 is 10.6. The van der Waals surface area contributed by atoms with Crippen LogP contribution in [0, 0.1) is 6.92 Å². The van der Waals surface area contributed by atoms with Crippen LogP contribution in [0.3, 0.4) is 0 Å². The van der Waals surface area contributed by atoms with Crippen molar-refractivity contribution < 1.29 is 14.3 Å². The van der Waals surface area contributed by atoms with E-state index < -0.39 is 0 Å². The van der Waals surface area contributed by atoms with Gasteiger partial charge in [-0.25, -0.2) is 9.78 Å². The Morgan fingerprint density at radius 2 is 2.35 bits per heavy atom. The molecule has 20 heavy (non-hydrogen) atoms. The molecule has 2 heterocycles. The summed E-state index contributed by atoms with van der Waals surface area (Å²) >= 11 is 0. The van der Waals surface area contributed by atoms with Crippen LogP contribution in [0.5, 0.6) is 5.88 Å². The Kier molecular flexibility index (Phi) is 5.17. The number of carbonyl (C=O) groups excluding carboxylic acids is 1. The predicted molar refractivity (Wildman–Crippen MR) is 74.7 cm³/mol. The first-order valence-corrected chi connectivity index (χ1v) is 6.83. The molecule has 1 aromatic heterocycles. The van der Waals surface area contributed by atoms with Crippen LogP contribution in [0.2, 0.25) is 0 Å². The summed E-state index contributed by atoms with van der Waals surface area (Å²) in [5, 5.41) is 5.60. The van der Waals surface area contributed by atoms with Gasteiger partial charge in [-0.05, 0) is 25.8 Å². The molecule has 2 N–H and O–H groups in total. The van der Waals surface area contributed by atoms with Gasteiger partial charge in [0.05, 0.1) is 13.2 Å². The number of urea groups is 1. The van der Waals surface area contributed by atoms with Crippen molar-refractivity contribution in [2.75, 3.05) is 20.3 Å². The standard InChI is InChI=1S/C14H21N3O3/c1-10-5-6-11(13(17-10)19-2)8-15-14(18)16-9-12-4-3-7-20-12/h5-6,12H,3-4,7-9H2,1-2H3,(H2,15,16,18)/t12-/m0/s1. The Balaban J connectivity index is 1.77. The second-order valence-electron chi connectivity index (χ2n) is 4.82. The molecule has 0 spiro atoms. The van der Waals surface area contributed by atoms with Gasteiger partial charge in [0.15, 0.2) is 0 Å². The second-order valence-corrected chi connectivity index (χ2v) is 4.82. The molecule has 2 amide bonds. The van der Waals surface area contributed by atoms with Gasteiger partial charge in [-0.1, -0.05) is 6.07 Å². The average molecular weight is 279 g/mol. The molecule has 1 aliphatic rings. The van der Waals surface area contributed by atoms with Crippen LogP contribution >= 0.6 is 0 Å². The predicted octanol–water partition coefficient (Wildman–Crippen LogP) is 1.38. The zero-order valence-corrected chi connectivity index (χ0v) is 11.9. The number of pyridine rings is 1. The van der Waals surface area contributed by atoms with E-state index in [0.29, 0.717) is 19.0 Å². The Labute approximate surface area is 118 Å². The van der Waals surface area contributed by atoms with Crippen LogP contribution in [0.25, 0.3) is 0 Å². The maximum Gasteiger partial charge on any atom is 0.315 e. The Hall–Kier alpha value is -1.82. The molecule has 0 radical (unpaired) electrons. The number of rotatable bonds is 5. The van der Waals surface area contributed by atoms with Gasteiger partial charge in [-0.3, -0.25) is 0 Å². The van der Waals surface area contributed by atoms with Crippen molar-refractivity contribution in [1.29, 1.82) is 0 Å². The topological polar surface area (TPSA) is 72.5 Å². The van der Waals surface area contributed by atoms with Gasteiger partial charge in [0, 0.05) is 31.0 Å². The van der Waals surface area contributed by atoms with Crippen molar-refractivity contribution >= 4 is 6.03 Å². The summed E-state index contributed by atoms with van der Waals surface area (Å²) in [5.41, 5.74) is 1.74. The highest BCUT2D eigenvalue weighted by Gasteiger charge is 2.16. The first-order chi connectivity index (χ1) is 9.69. The number of ether oxygens (including phenoxy) is 2. The number of methoxy groups -OCH3 is 1. The molecule has 0 aliphatic carbocycles. The lowest BCUT2D eigenvalue weighted by Gasteiger charge is -2.13. The molecule has 1 fully saturated rings. The fraction of sp³-hybridized carbons (Fsp3) is 0.571. The zero-order valence-electron chi connectivity index (χ0n) is 11.9.